The highest BCUT2D eigenvalue weighted by atomic mass is 16.6. The van der Waals surface area contributed by atoms with Crippen LogP contribution < -0.4 is 5.32 Å². The summed E-state index contributed by atoms with van der Waals surface area (Å²) in [5, 5.41) is 22.1. The second-order valence-corrected chi connectivity index (χ2v) is 4.47. The van der Waals surface area contributed by atoms with Crippen LogP contribution in [0.2, 0.25) is 0 Å². The molecule has 1 aromatic rings. The van der Waals surface area contributed by atoms with E-state index in [1.807, 2.05) is 6.07 Å². The number of hydrogen-bond donors (Lipinski definition) is 3. The maximum absolute atomic E-state index is 11.9. The zero-order valence-corrected chi connectivity index (χ0v) is 10.1. The van der Waals surface area contributed by atoms with E-state index < -0.39 is 24.5 Å². The van der Waals surface area contributed by atoms with Gasteiger partial charge in [0.2, 0.25) is 0 Å². The highest BCUT2D eigenvalue weighted by Crippen LogP contribution is 2.19. The SMILES string of the molecule is C[C@@H]1O[C@H](O)C[C@H](NC(=O)c2ccccc2)[C@@H]1O. The van der Waals surface area contributed by atoms with E-state index in [1.54, 1.807) is 31.2 Å². The minimum atomic E-state index is -0.954. The van der Waals surface area contributed by atoms with Crippen molar-refractivity contribution < 1.29 is 19.7 Å². The lowest BCUT2D eigenvalue weighted by molar-refractivity contribution is -0.201. The van der Waals surface area contributed by atoms with Crippen molar-refractivity contribution in [1.29, 1.82) is 0 Å². The van der Waals surface area contributed by atoms with Gasteiger partial charge in [0.05, 0.1) is 12.1 Å². The van der Waals surface area contributed by atoms with Crippen LogP contribution in [0.25, 0.3) is 0 Å². The molecule has 0 aliphatic carbocycles. The molecular weight excluding hydrogens is 234 g/mol. The lowest BCUT2D eigenvalue weighted by Crippen LogP contribution is -2.54. The lowest BCUT2D eigenvalue weighted by atomic mass is 9.99. The van der Waals surface area contributed by atoms with Crippen LogP contribution in [0, 0.1) is 0 Å². The molecule has 98 valence electrons. The van der Waals surface area contributed by atoms with E-state index in [-0.39, 0.29) is 12.3 Å². The fourth-order valence-electron chi connectivity index (χ4n) is 2.05. The molecule has 0 saturated carbocycles. The molecule has 0 bridgehead atoms. The molecule has 3 N–H and O–H groups in total. The van der Waals surface area contributed by atoms with Crippen molar-refractivity contribution in [3.8, 4) is 0 Å². The molecule has 4 atom stereocenters. The molecular formula is C13H17NO4. The summed E-state index contributed by atoms with van der Waals surface area (Å²) in [5.41, 5.74) is 0.526. The summed E-state index contributed by atoms with van der Waals surface area (Å²) in [4.78, 5) is 11.9. The van der Waals surface area contributed by atoms with E-state index in [4.69, 9.17) is 4.74 Å². The van der Waals surface area contributed by atoms with Crippen LogP contribution in [0.5, 0.6) is 0 Å². The summed E-state index contributed by atoms with van der Waals surface area (Å²) in [7, 11) is 0. The first-order chi connectivity index (χ1) is 8.58. The fourth-order valence-corrected chi connectivity index (χ4v) is 2.05. The van der Waals surface area contributed by atoms with E-state index in [1.165, 1.54) is 0 Å². The summed E-state index contributed by atoms with van der Waals surface area (Å²) in [5.74, 6) is -0.263. The van der Waals surface area contributed by atoms with E-state index in [0.29, 0.717) is 5.56 Å². The van der Waals surface area contributed by atoms with Gasteiger partial charge in [0.15, 0.2) is 6.29 Å². The number of rotatable bonds is 2. The molecule has 2 rings (SSSR count). The van der Waals surface area contributed by atoms with Gasteiger partial charge in [-0.25, -0.2) is 0 Å². The molecule has 5 nitrogen and oxygen atoms in total. The minimum absolute atomic E-state index is 0.185. The Bertz CT molecular complexity index is 409. The number of amides is 1. The van der Waals surface area contributed by atoms with E-state index in [0.717, 1.165) is 0 Å². The molecule has 1 saturated heterocycles. The summed E-state index contributed by atoms with van der Waals surface area (Å²) < 4.78 is 5.07. The third-order valence-corrected chi connectivity index (χ3v) is 3.07. The van der Waals surface area contributed by atoms with Crippen molar-refractivity contribution in [1.82, 2.24) is 5.32 Å². The predicted octanol–water partition coefficient (Wildman–Crippen LogP) is 0.273. The van der Waals surface area contributed by atoms with Gasteiger partial charge in [-0.2, -0.15) is 0 Å². The number of aliphatic hydroxyl groups is 2. The third kappa shape index (κ3) is 2.87. The van der Waals surface area contributed by atoms with Crippen molar-refractivity contribution in [3.05, 3.63) is 35.9 Å². The highest BCUT2D eigenvalue weighted by Gasteiger charge is 2.35. The summed E-state index contributed by atoms with van der Waals surface area (Å²) in [6, 6.07) is 8.25. The number of ether oxygens (including phenoxy) is 1. The monoisotopic (exact) mass is 251 g/mol. The van der Waals surface area contributed by atoms with Gasteiger partial charge >= 0.3 is 0 Å². The molecule has 0 spiro atoms. The molecule has 1 aromatic carbocycles. The molecule has 1 fully saturated rings. The zero-order valence-electron chi connectivity index (χ0n) is 10.1. The number of benzene rings is 1. The Balaban J connectivity index is 2.02. The first kappa shape index (κ1) is 13.0. The number of nitrogens with one attached hydrogen (secondary N) is 1. The van der Waals surface area contributed by atoms with Crippen LogP contribution in [0.1, 0.15) is 23.7 Å². The molecule has 5 heteroatoms. The Labute approximate surface area is 105 Å². The predicted molar refractivity (Wildman–Crippen MR) is 64.9 cm³/mol. The quantitative estimate of drug-likeness (QED) is 0.705. The maximum Gasteiger partial charge on any atom is 0.251 e. The second kappa shape index (κ2) is 5.48. The lowest BCUT2D eigenvalue weighted by Gasteiger charge is -2.36. The molecule has 18 heavy (non-hydrogen) atoms. The molecule has 1 amide bonds. The molecule has 0 radical (unpaired) electrons. The first-order valence-electron chi connectivity index (χ1n) is 5.95. The van der Waals surface area contributed by atoms with Crippen molar-refractivity contribution >= 4 is 5.91 Å². The smallest absolute Gasteiger partial charge is 0.251 e. The van der Waals surface area contributed by atoms with Crippen LogP contribution in [0.15, 0.2) is 30.3 Å². The summed E-state index contributed by atoms with van der Waals surface area (Å²) in [6.45, 7) is 1.66. The Morgan fingerprint density at radius 2 is 2.00 bits per heavy atom. The molecule has 1 heterocycles. The Hall–Kier alpha value is -1.43. The van der Waals surface area contributed by atoms with Crippen LogP contribution >= 0.6 is 0 Å². The number of carbonyl (C=O) groups is 1. The molecule has 0 aromatic heterocycles. The van der Waals surface area contributed by atoms with Gasteiger partial charge in [0, 0.05) is 12.0 Å². The molecule has 1 aliphatic rings. The van der Waals surface area contributed by atoms with Crippen molar-refractivity contribution in [2.45, 2.75) is 37.9 Å². The Kier molecular flexibility index (Phi) is 3.96. The van der Waals surface area contributed by atoms with E-state index in [2.05, 4.69) is 5.32 Å². The normalized spacial score (nSPS) is 31.9. The van der Waals surface area contributed by atoms with Crippen molar-refractivity contribution in [3.63, 3.8) is 0 Å². The van der Waals surface area contributed by atoms with Crippen LogP contribution in [0.3, 0.4) is 0 Å². The summed E-state index contributed by atoms with van der Waals surface area (Å²) >= 11 is 0. The molecule has 0 unspecified atom stereocenters. The van der Waals surface area contributed by atoms with Gasteiger partial charge in [0.25, 0.3) is 5.91 Å². The molecule has 1 aliphatic heterocycles. The van der Waals surface area contributed by atoms with E-state index in [9.17, 15) is 15.0 Å². The zero-order chi connectivity index (χ0) is 13.1. The average Bonchev–Trinajstić information content (AvgIpc) is 2.36. The van der Waals surface area contributed by atoms with Gasteiger partial charge in [-0.3, -0.25) is 4.79 Å². The Morgan fingerprint density at radius 3 is 2.67 bits per heavy atom. The van der Waals surface area contributed by atoms with Gasteiger partial charge in [-0.05, 0) is 19.1 Å². The standard InChI is InChI=1S/C13H17NO4/c1-8-12(16)10(7-11(15)18-8)14-13(17)9-5-3-2-4-6-9/h2-6,8,10-12,15-16H,7H2,1H3,(H,14,17)/t8-,10-,11-,12+/m0/s1. The number of aliphatic hydroxyl groups excluding tert-OH is 2. The topological polar surface area (TPSA) is 78.8 Å². The van der Waals surface area contributed by atoms with Gasteiger partial charge < -0.3 is 20.3 Å². The average molecular weight is 251 g/mol. The van der Waals surface area contributed by atoms with Gasteiger partial charge in [-0.1, -0.05) is 18.2 Å². The van der Waals surface area contributed by atoms with Crippen LogP contribution in [0.4, 0.5) is 0 Å². The van der Waals surface area contributed by atoms with Gasteiger partial charge in [0.1, 0.15) is 6.10 Å². The number of carbonyl (C=O) groups excluding carboxylic acids is 1. The van der Waals surface area contributed by atoms with Crippen molar-refractivity contribution in [2.24, 2.45) is 0 Å². The van der Waals surface area contributed by atoms with Crippen molar-refractivity contribution in [2.75, 3.05) is 0 Å². The Morgan fingerprint density at radius 1 is 1.33 bits per heavy atom. The van der Waals surface area contributed by atoms with E-state index >= 15 is 0 Å². The maximum atomic E-state index is 11.9. The fraction of sp³-hybridized carbons (Fsp3) is 0.462. The summed E-state index contributed by atoms with van der Waals surface area (Å²) in [6.07, 6.45) is -2.09. The highest BCUT2D eigenvalue weighted by molar-refractivity contribution is 5.94. The number of hydrogen-bond acceptors (Lipinski definition) is 4. The minimum Gasteiger partial charge on any atom is -0.388 e. The first-order valence-corrected chi connectivity index (χ1v) is 5.95. The van der Waals surface area contributed by atoms with Crippen LogP contribution in [-0.2, 0) is 4.74 Å². The largest absolute Gasteiger partial charge is 0.388 e. The van der Waals surface area contributed by atoms with Crippen LogP contribution in [-0.4, -0.2) is 40.7 Å². The second-order valence-electron chi connectivity index (χ2n) is 4.47. The third-order valence-electron chi connectivity index (χ3n) is 3.07. The van der Waals surface area contributed by atoms with Gasteiger partial charge in [-0.15, -0.1) is 0 Å².